The van der Waals surface area contributed by atoms with Crippen molar-refractivity contribution in [2.75, 3.05) is 0 Å². The van der Waals surface area contributed by atoms with Crippen molar-refractivity contribution in [3.63, 3.8) is 0 Å². The zero-order valence-electron chi connectivity index (χ0n) is 6.15. The predicted molar refractivity (Wildman–Crippen MR) is 40.8 cm³/mol. The Bertz CT molecular complexity index is 333. The Hall–Kier alpha value is -1.58. The number of hydrogen-bond donors (Lipinski definition) is 1. The van der Waals surface area contributed by atoms with Crippen LogP contribution < -0.4 is 0 Å². The molecule has 4 heteroatoms. The van der Waals surface area contributed by atoms with Gasteiger partial charge in [0.2, 0.25) is 0 Å². The highest BCUT2D eigenvalue weighted by atomic mass is 15.3. The fraction of sp³-hybridized carbons (Fsp3) is 0.143. The summed E-state index contributed by atoms with van der Waals surface area (Å²) >= 11 is 0. The summed E-state index contributed by atoms with van der Waals surface area (Å²) in [5.74, 6) is 0. The molecule has 0 radical (unpaired) electrons. The lowest BCUT2D eigenvalue weighted by molar-refractivity contribution is 0.774. The first-order valence-electron chi connectivity index (χ1n) is 3.34. The van der Waals surface area contributed by atoms with Gasteiger partial charge in [0.25, 0.3) is 0 Å². The van der Waals surface area contributed by atoms with Crippen LogP contribution >= 0.6 is 0 Å². The number of nitrogens with one attached hydrogen (secondary N) is 1. The van der Waals surface area contributed by atoms with Crippen molar-refractivity contribution in [3.05, 3.63) is 24.8 Å². The molecular formula is C7H8N4. The monoisotopic (exact) mass is 148 g/mol. The molecule has 2 aromatic rings. The van der Waals surface area contributed by atoms with E-state index >= 15 is 0 Å². The molecule has 0 bridgehead atoms. The maximum absolute atomic E-state index is 4.04. The molecule has 0 atom stereocenters. The van der Waals surface area contributed by atoms with Crippen LogP contribution in [0.5, 0.6) is 0 Å². The number of nitrogens with zero attached hydrogens (tertiary/aromatic N) is 3. The molecule has 11 heavy (non-hydrogen) atoms. The molecule has 0 aromatic carbocycles. The molecule has 0 aliphatic rings. The van der Waals surface area contributed by atoms with E-state index in [-0.39, 0.29) is 0 Å². The third-order valence-electron chi connectivity index (χ3n) is 1.60. The SMILES string of the molecule is Cn1nccc1-c1cnc[nH]1. The van der Waals surface area contributed by atoms with E-state index in [1.165, 1.54) is 0 Å². The summed E-state index contributed by atoms with van der Waals surface area (Å²) in [6, 6.07) is 1.94. The van der Waals surface area contributed by atoms with Gasteiger partial charge in [0.05, 0.1) is 23.9 Å². The fourth-order valence-corrected chi connectivity index (χ4v) is 1.03. The van der Waals surface area contributed by atoms with Gasteiger partial charge in [-0.2, -0.15) is 5.10 Å². The summed E-state index contributed by atoms with van der Waals surface area (Å²) in [5.41, 5.74) is 2.03. The Labute approximate surface area is 63.9 Å². The summed E-state index contributed by atoms with van der Waals surface area (Å²) in [7, 11) is 1.90. The van der Waals surface area contributed by atoms with Gasteiger partial charge in [0, 0.05) is 13.2 Å². The van der Waals surface area contributed by atoms with Crippen molar-refractivity contribution in [2.45, 2.75) is 0 Å². The number of aromatic nitrogens is 4. The first kappa shape index (κ1) is 6.15. The fourth-order valence-electron chi connectivity index (χ4n) is 1.03. The zero-order chi connectivity index (χ0) is 7.68. The van der Waals surface area contributed by atoms with E-state index in [4.69, 9.17) is 0 Å². The van der Waals surface area contributed by atoms with Crippen LogP contribution in [-0.4, -0.2) is 19.7 Å². The molecule has 0 aliphatic heterocycles. The lowest BCUT2D eigenvalue weighted by atomic mass is 10.3. The molecular weight excluding hydrogens is 140 g/mol. The topological polar surface area (TPSA) is 46.5 Å². The van der Waals surface area contributed by atoms with Crippen molar-refractivity contribution in [3.8, 4) is 11.4 Å². The maximum atomic E-state index is 4.04. The Kier molecular flexibility index (Phi) is 1.25. The van der Waals surface area contributed by atoms with Gasteiger partial charge in [-0.3, -0.25) is 4.68 Å². The highest BCUT2D eigenvalue weighted by Crippen LogP contribution is 2.12. The standard InChI is InChI=1S/C7H8N4/c1-11-7(2-3-10-11)6-4-8-5-9-6/h2-5H,1H3,(H,8,9). The molecule has 0 saturated carbocycles. The summed E-state index contributed by atoms with van der Waals surface area (Å²) in [5, 5.41) is 4.04. The highest BCUT2D eigenvalue weighted by molar-refractivity contribution is 5.52. The molecule has 0 spiro atoms. The Balaban J connectivity index is 2.53. The summed E-state index contributed by atoms with van der Waals surface area (Å²) in [4.78, 5) is 6.93. The second-order valence-corrected chi connectivity index (χ2v) is 2.31. The van der Waals surface area contributed by atoms with Crippen LogP contribution in [0.3, 0.4) is 0 Å². The highest BCUT2D eigenvalue weighted by Gasteiger charge is 2.01. The molecule has 2 aromatic heterocycles. The van der Waals surface area contributed by atoms with Crippen LogP contribution in [0.25, 0.3) is 11.4 Å². The van der Waals surface area contributed by atoms with Gasteiger partial charge in [-0.05, 0) is 6.07 Å². The van der Waals surface area contributed by atoms with Gasteiger partial charge in [0.15, 0.2) is 0 Å². The second-order valence-electron chi connectivity index (χ2n) is 2.31. The average molecular weight is 148 g/mol. The lowest BCUT2D eigenvalue weighted by Crippen LogP contribution is -1.92. The quantitative estimate of drug-likeness (QED) is 0.650. The van der Waals surface area contributed by atoms with E-state index in [2.05, 4.69) is 15.1 Å². The molecule has 2 heterocycles. The van der Waals surface area contributed by atoms with E-state index in [9.17, 15) is 0 Å². The summed E-state index contributed by atoms with van der Waals surface area (Å²) in [6.07, 6.45) is 5.19. The van der Waals surface area contributed by atoms with E-state index in [1.807, 2.05) is 13.1 Å². The minimum absolute atomic E-state index is 0.991. The molecule has 0 fully saturated rings. The van der Waals surface area contributed by atoms with Gasteiger partial charge in [-0.25, -0.2) is 4.98 Å². The number of hydrogen-bond acceptors (Lipinski definition) is 2. The van der Waals surface area contributed by atoms with E-state index in [1.54, 1.807) is 23.4 Å². The van der Waals surface area contributed by atoms with Crippen molar-refractivity contribution in [1.82, 2.24) is 19.7 Å². The molecule has 0 unspecified atom stereocenters. The van der Waals surface area contributed by atoms with Gasteiger partial charge in [0.1, 0.15) is 0 Å². The van der Waals surface area contributed by atoms with E-state index in [0.717, 1.165) is 11.4 Å². The Morgan fingerprint density at radius 2 is 2.45 bits per heavy atom. The molecule has 0 amide bonds. The third-order valence-corrected chi connectivity index (χ3v) is 1.60. The number of aromatic amines is 1. The number of H-pyrrole nitrogens is 1. The van der Waals surface area contributed by atoms with Crippen molar-refractivity contribution in [2.24, 2.45) is 7.05 Å². The number of imidazole rings is 1. The minimum atomic E-state index is 0.991. The smallest absolute Gasteiger partial charge is 0.0924 e. The maximum Gasteiger partial charge on any atom is 0.0924 e. The molecule has 56 valence electrons. The van der Waals surface area contributed by atoms with E-state index in [0.29, 0.717) is 0 Å². The first-order chi connectivity index (χ1) is 5.38. The van der Waals surface area contributed by atoms with E-state index < -0.39 is 0 Å². The molecule has 4 nitrogen and oxygen atoms in total. The van der Waals surface area contributed by atoms with Crippen LogP contribution in [0.2, 0.25) is 0 Å². The van der Waals surface area contributed by atoms with Gasteiger partial charge < -0.3 is 4.98 Å². The average Bonchev–Trinajstić information content (AvgIpc) is 2.55. The van der Waals surface area contributed by atoms with Crippen LogP contribution in [0.4, 0.5) is 0 Å². The third kappa shape index (κ3) is 0.920. The van der Waals surface area contributed by atoms with Crippen LogP contribution in [0, 0.1) is 0 Å². The zero-order valence-corrected chi connectivity index (χ0v) is 6.15. The molecule has 0 saturated heterocycles. The predicted octanol–water partition coefficient (Wildman–Crippen LogP) is 0.810. The Morgan fingerprint density at radius 3 is 3.00 bits per heavy atom. The molecule has 2 rings (SSSR count). The molecule has 1 N–H and O–H groups in total. The lowest BCUT2D eigenvalue weighted by Gasteiger charge is -1.95. The normalized spacial score (nSPS) is 10.3. The van der Waals surface area contributed by atoms with Crippen molar-refractivity contribution in [1.29, 1.82) is 0 Å². The minimum Gasteiger partial charge on any atom is -0.343 e. The van der Waals surface area contributed by atoms with Crippen molar-refractivity contribution >= 4 is 0 Å². The Morgan fingerprint density at radius 1 is 1.55 bits per heavy atom. The largest absolute Gasteiger partial charge is 0.343 e. The van der Waals surface area contributed by atoms with Gasteiger partial charge >= 0.3 is 0 Å². The number of aryl methyl sites for hydroxylation is 1. The van der Waals surface area contributed by atoms with Gasteiger partial charge in [-0.15, -0.1) is 0 Å². The first-order valence-corrected chi connectivity index (χ1v) is 3.34. The molecule has 0 aliphatic carbocycles. The van der Waals surface area contributed by atoms with Gasteiger partial charge in [-0.1, -0.05) is 0 Å². The summed E-state index contributed by atoms with van der Waals surface area (Å²) in [6.45, 7) is 0. The number of rotatable bonds is 1. The van der Waals surface area contributed by atoms with Crippen LogP contribution in [-0.2, 0) is 7.05 Å². The van der Waals surface area contributed by atoms with Crippen molar-refractivity contribution < 1.29 is 0 Å². The van der Waals surface area contributed by atoms with Crippen LogP contribution in [0.15, 0.2) is 24.8 Å². The summed E-state index contributed by atoms with van der Waals surface area (Å²) < 4.78 is 1.80. The second kappa shape index (κ2) is 2.23. The van der Waals surface area contributed by atoms with Crippen LogP contribution in [0.1, 0.15) is 0 Å².